The van der Waals surface area contributed by atoms with Crippen LogP contribution in [0.25, 0.3) is 0 Å². The Kier molecular flexibility index (Phi) is 4.27. The van der Waals surface area contributed by atoms with Gasteiger partial charge in [-0.3, -0.25) is 0 Å². The molecule has 0 heterocycles. The number of thioether (sulfide) groups is 1. The number of sulfonamides is 1. The molecule has 0 aromatic heterocycles. The van der Waals surface area contributed by atoms with Gasteiger partial charge < -0.3 is 11.1 Å². The van der Waals surface area contributed by atoms with E-state index in [0.717, 1.165) is 12.1 Å². The molecular weight excluding hydrogens is 282 g/mol. The minimum Gasteiger partial charge on any atom is -0.398 e. The summed E-state index contributed by atoms with van der Waals surface area (Å²) in [4.78, 5) is -0.0223. The summed E-state index contributed by atoms with van der Waals surface area (Å²) in [6.07, 6.45) is 5.67. The quantitative estimate of drug-likeness (QED) is 0.734. The zero-order valence-corrected chi connectivity index (χ0v) is 12.4. The van der Waals surface area contributed by atoms with Gasteiger partial charge in [0.2, 0.25) is 10.0 Å². The Morgan fingerprint density at radius 2 is 2.11 bits per heavy atom. The second-order valence-electron chi connectivity index (χ2n) is 4.75. The molecule has 1 aromatic rings. The van der Waals surface area contributed by atoms with Crippen LogP contribution in [-0.4, -0.2) is 26.0 Å². The van der Waals surface area contributed by atoms with Crippen LogP contribution in [-0.2, 0) is 10.0 Å². The van der Waals surface area contributed by atoms with Gasteiger partial charge in [0.15, 0.2) is 0 Å². The lowest BCUT2D eigenvalue weighted by atomic mass is 10.2. The predicted octanol–water partition coefficient (Wildman–Crippen LogP) is 1.61. The van der Waals surface area contributed by atoms with Crippen molar-refractivity contribution >= 4 is 33.2 Å². The van der Waals surface area contributed by atoms with Gasteiger partial charge in [-0.05, 0) is 37.3 Å². The van der Waals surface area contributed by atoms with E-state index in [2.05, 4.69) is 11.6 Å². The zero-order valence-electron chi connectivity index (χ0n) is 10.8. The summed E-state index contributed by atoms with van der Waals surface area (Å²) in [6.45, 7) is 0. The molecule has 1 fully saturated rings. The Hall–Kier alpha value is -0.920. The van der Waals surface area contributed by atoms with Gasteiger partial charge in [0.05, 0.1) is 5.69 Å². The lowest BCUT2D eigenvalue weighted by molar-refractivity contribution is 0.598. The molecule has 0 spiro atoms. The molecule has 2 atom stereocenters. The van der Waals surface area contributed by atoms with Crippen LogP contribution in [0.15, 0.2) is 23.1 Å². The number of hydrogen-bond donors (Lipinski definition) is 3. The second-order valence-corrected chi connectivity index (χ2v) is 7.36. The highest BCUT2D eigenvalue weighted by Crippen LogP contribution is 2.31. The number of primary sulfonamides is 1. The number of nitrogens with one attached hydrogen (secondary N) is 1. The third kappa shape index (κ3) is 3.34. The van der Waals surface area contributed by atoms with Crippen molar-refractivity contribution in [2.24, 2.45) is 5.14 Å². The predicted molar refractivity (Wildman–Crippen MR) is 80.8 cm³/mol. The molecule has 1 aliphatic carbocycles. The van der Waals surface area contributed by atoms with E-state index in [9.17, 15) is 8.42 Å². The molecule has 1 saturated carbocycles. The lowest BCUT2D eigenvalue weighted by Gasteiger charge is -2.20. The molecule has 0 saturated heterocycles. The monoisotopic (exact) mass is 301 g/mol. The van der Waals surface area contributed by atoms with Crippen molar-refractivity contribution in [3.8, 4) is 0 Å². The normalized spacial score (nSPS) is 23.5. The maximum Gasteiger partial charge on any atom is 0.240 e. The van der Waals surface area contributed by atoms with Crippen molar-refractivity contribution in [1.29, 1.82) is 0 Å². The van der Waals surface area contributed by atoms with E-state index in [4.69, 9.17) is 10.9 Å². The number of hydrogen-bond acceptors (Lipinski definition) is 5. The van der Waals surface area contributed by atoms with Gasteiger partial charge in [-0.1, -0.05) is 6.42 Å². The standard InChI is InChI=1S/C12H19N3O2S2/c1-18-11-4-2-3-10(11)15-8-5-6-12(9(13)7-8)19(14,16)17/h5-7,10-11,15H,2-4,13H2,1H3,(H2,14,16,17). The molecular formula is C12H19N3O2S2. The maximum absolute atomic E-state index is 11.3. The second kappa shape index (κ2) is 5.60. The average Bonchev–Trinajstić information content (AvgIpc) is 2.74. The van der Waals surface area contributed by atoms with Gasteiger partial charge >= 0.3 is 0 Å². The van der Waals surface area contributed by atoms with E-state index in [-0.39, 0.29) is 10.6 Å². The molecule has 0 amide bonds. The first-order valence-corrected chi connectivity index (χ1v) is 8.97. The summed E-state index contributed by atoms with van der Waals surface area (Å²) in [6, 6.07) is 5.21. The number of anilines is 2. The van der Waals surface area contributed by atoms with Crippen LogP contribution in [0.3, 0.4) is 0 Å². The van der Waals surface area contributed by atoms with Crippen LogP contribution < -0.4 is 16.2 Å². The first-order chi connectivity index (χ1) is 8.91. The van der Waals surface area contributed by atoms with Crippen molar-refractivity contribution < 1.29 is 8.42 Å². The van der Waals surface area contributed by atoms with Crippen molar-refractivity contribution in [3.63, 3.8) is 0 Å². The summed E-state index contributed by atoms with van der Waals surface area (Å²) >= 11 is 1.86. The molecule has 0 aliphatic heterocycles. The first-order valence-electron chi connectivity index (χ1n) is 6.13. The fourth-order valence-electron chi connectivity index (χ4n) is 2.48. The fraction of sp³-hybridized carbons (Fsp3) is 0.500. The van der Waals surface area contributed by atoms with Crippen LogP contribution in [0.5, 0.6) is 0 Å². The molecule has 106 valence electrons. The van der Waals surface area contributed by atoms with E-state index in [1.54, 1.807) is 12.1 Å². The van der Waals surface area contributed by atoms with Gasteiger partial charge in [-0.2, -0.15) is 11.8 Å². The smallest absolute Gasteiger partial charge is 0.240 e. The summed E-state index contributed by atoms with van der Waals surface area (Å²) in [5, 5.41) is 9.10. The Labute approximate surface area is 118 Å². The maximum atomic E-state index is 11.3. The van der Waals surface area contributed by atoms with E-state index < -0.39 is 10.0 Å². The SMILES string of the molecule is CSC1CCCC1Nc1ccc(S(N)(=O)=O)c(N)c1. The minimum atomic E-state index is -3.75. The average molecular weight is 301 g/mol. The Balaban J connectivity index is 2.17. The van der Waals surface area contributed by atoms with Crippen LogP contribution in [0.4, 0.5) is 11.4 Å². The summed E-state index contributed by atoms with van der Waals surface area (Å²) in [7, 11) is -3.75. The Morgan fingerprint density at radius 3 is 2.68 bits per heavy atom. The molecule has 5 N–H and O–H groups in total. The van der Waals surface area contributed by atoms with Crippen LogP contribution in [0, 0.1) is 0 Å². The van der Waals surface area contributed by atoms with Gasteiger partial charge in [0.1, 0.15) is 4.90 Å². The van der Waals surface area contributed by atoms with Crippen LogP contribution in [0.1, 0.15) is 19.3 Å². The molecule has 7 heteroatoms. The lowest BCUT2D eigenvalue weighted by Crippen LogP contribution is -2.25. The van der Waals surface area contributed by atoms with E-state index in [0.29, 0.717) is 11.3 Å². The van der Waals surface area contributed by atoms with Crippen LogP contribution in [0.2, 0.25) is 0 Å². The summed E-state index contributed by atoms with van der Waals surface area (Å²) < 4.78 is 22.6. The molecule has 2 rings (SSSR count). The fourth-order valence-corrected chi connectivity index (χ4v) is 4.06. The molecule has 1 aromatic carbocycles. The van der Waals surface area contributed by atoms with Crippen molar-refractivity contribution in [2.75, 3.05) is 17.3 Å². The molecule has 2 unspecified atom stereocenters. The Morgan fingerprint density at radius 1 is 1.37 bits per heavy atom. The molecule has 0 bridgehead atoms. The number of nitrogen functional groups attached to an aromatic ring is 1. The molecule has 0 radical (unpaired) electrons. The molecule has 1 aliphatic rings. The van der Waals surface area contributed by atoms with Crippen molar-refractivity contribution in [2.45, 2.75) is 35.4 Å². The molecule has 19 heavy (non-hydrogen) atoms. The number of benzene rings is 1. The van der Waals surface area contributed by atoms with Gasteiger partial charge in [-0.25, -0.2) is 13.6 Å². The minimum absolute atomic E-state index is 0.0223. The zero-order chi connectivity index (χ0) is 14.0. The molecule has 5 nitrogen and oxygen atoms in total. The number of nitrogens with two attached hydrogens (primary N) is 2. The van der Waals surface area contributed by atoms with Gasteiger partial charge in [0, 0.05) is 17.0 Å². The summed E-state index contributed by atoms with van der Waals surface area (Å²) in [5.41, 5.74) is 6.77. The number of rotatable bonds is 4. The van der Waals surface area contributed by atoms with Crippen LogP contribution >= 0.6 is 11.8 Å². The highest BCUT2D eigenvalue weighted by molar-refractivity contribution is 7.99. The van der Waals surface area contributed by atoms with E-state index >= 15 is 0 Å². The summed E-state index contributed by atoms with van der Waals surface area (Å²) in [5.74, 6) is 0. The van der Waals surface area contributed by atoms with Crippen molar-refractivity contribution in [1.82, 2.24) is 0 Å². The van der Waals surface area contributed by atoms with Gasteiger partial charge in [-0.15, -0.1) is 0 Å². The highest BCUT2D eigenvalue weighted by atomic mass is 32.2. The third-order valence-corrected chi connectivity index (χ3v) is 5.58. The largest absolute Gasteiger partial charge is 0.398 e. The van der Waals surface area contributed by atoms with E-state index in [1.807, 2.05) is 11.8 Å². The Bertz CT molecular complexity index is 560. The van der Waals surface area contributed by atoms with Gasteiger partial charge in [0.25, 0.3) is 0 Å². The van der Waals surface area contributed by atoms with E-state index in [1.165, 1.54) is 18.9 Å². The highest BCUT2D eigenvalue weighted by Gasteiger charge is 2.26. The first kappa shape index (κ1) is 14.5. The topological polar surface area (TPSA) is 98.2 Å². The van der Waals surface area contributed by atoms with Crippen molar-refractivity contribution in [3.05, 3.63) is 18.2 Å². The third-order valence-electron chi connectivity index (χ3n) is 3.42.